The Morgan fingerprint density at radius 3 is 2.63 bits per heavy atom. The molecule has 2 N–H and O–H groups in total. The Balaban J connectivity index is 2.17. The summed E-state index contributed by atoms with van der Waals surface area (Å²) in [4.78, 5) is 25.3. The van der Waals surface area contributed by atoms with Crippen molar-refractivity contribution < 1.29 is 27.9 Å². The first kappa shape index (κ1) is 21.1. The van der Waals surface area contributed by atoms with Crippen molar-refractivity contribution in [3.05, 3.63) is 18.2 Å². The minimum absolute atomic E-state index is 0.0609. The fraction of sp³-hybridized carbons (Fsp3) is 0.529. The molecule has 1 aromatic carbocycles. The molecule has 1 saturated heterocycles. The minimum atomic E-state index is -3.76. The molecule has 1 aliphatic heterocycles. The summed E-state index contributed by atoms with van der Waals surface area (Å²) in [7, 11) is 0.420. The maximum atomic E-state index is 12.4. The van der Waals surface area contributed by atoms with Crippen molar-refractivity contribution in [1.29, 1.82) is 0 Å². The molecule has 1 amide bonds. The fourth-order valence-corrected chi connectivity index (χ4v) is 4.07. The van der Waals surface area contributed by atoms with E-state index in [0.29, 0.717) is 18.7 Å². The van der Waals surface area contributed by atoms with E-state index in [9.17, 15) is 23.1 Å². The number of nitrogens with zero attached hydrogens (tertiary/aromatic N) is 2. The van der Waals surface area contributed by atoms with Crippen LogP contribution in [0.15, 0.2) is 23.1 Å². The Hall–Kier alpha value is -2.17. The van der Waals surface area contributed by atoms with E-state index in [2.05, 4.69) is 5.32 Å². The van der Waals surface area contributed by atoms with E-state index >= 15 is 0 Å². The Morgan fingerprint density at radius 2 is 2.04 bits per heavy atom. The van der Waals surface area contributed by atoms with Crippen LogP contribution >= 0.6 is 0 Å². The van der Waals surface area contributed by atoms with Crippen LogP contribution in [0.5, 0.6) is 5.75 Å². The van der Waals surface area contributed by atoms with Crippen molar-refractivity contribution in [2.75, 3.05) is 39.6 Å². The number of rotatable bonds is 7. The number of piperidine rings is 1. The van der Waals surface area contributed by atoms with Crippen molar-refractivity contribution in [1.82, 2.24) is 9.21 Å². The predicted octanol–water partition coefficient (Wildman–Crippen LogP) is 0.823. The molecule has 2 rings (SSSR count). The van der Waals surface area contributed by atoms with Gasteiger partial charge in [-0.3, -0.25) is 14.5 Å². The molecular formula is C17H25N3O6S. The maximum Gasteiger partial charge on any atom is 0.320 e. The summed E-state index contributed by atoms with van der Waals surface area (Å²) in [5.41, 5.74) is 0.296. The number of anilines is 1. The molecular weight excluding hydrogens is 374 g/mol. The highest BCUT2D eigenvalue weighted by Crippen LogP contribution is 2.29. The summed E-state index contributed by atoms with van der Waals surface area (Å²) < 4.78 is 31.1. The van der Waals surface area contributed by atoms with Crippen LogP contribution in [0, 0.1) is 0 Å². The Bertz CT molecular complexity index is 809. The second kappa shape index (κ2) is 8.68. The van der Waals surface area contributed by atoms with Gasteiger partial charge < -0.3 is 15.2 Å². The molecule has 1 heterocycles. The highest BCUT2D eigenvalue weighted by molar-refractivity contribution is 7.89. The quantitative estimate of drug-likeness (QED) is 0.697. The van der Waals surface area contributed by atoms with Crippen LogP contribution in [0.25, 0.3) is 0 Å². The zero-order chi connectivity index (χ0) is 20.2. The lowest BCUT2D eigenvalue weighted by Crippen LogP contribution is -2.47. The lowest BCUT2D eigenvalue weighted by atomic mass is 10.0. The number of carbonyl (C=O) groups is 2. The van der Waals surface area contributed by atoms with E-state index in [1.165, 1.54) is 39.4 Å². The number of carboxylic acid groups (broad SMARTS) is 1. The summed E-state index contributed by atoms with van der Waals surface area (Å²) >= 11 is 0. The van der Waals surface area contributed by atoms with Gasteiger partial charge in [-0.2, -0.15) is 0 Å². The van der Waals surface area contributed by atoms with E-state index in [4.69, 9.17) is 4.74 Å². The minimum Gasteiger partial charge on any atom is -0.495 e. The topological polar surface area (TPSA) is 116 Å². The van der Waals surface area contributed by atoms with Crippen LogP contribution in [0.1, 0.15) is 19.3 Å². The number of carbonyl (C=O) groups excluding carboxylic acids is 1. The molecule has 0 bridgehead atoms. The second-order valence-electron chi connectivity index (χ2n) is 6.52. The van der Waals surface area contributed by atoms with Gasteiger partial charge in [0.2, 0.25) is 15.9 Å². The number of methoxy groups -OCH3 is 1. The van der Waals surface area contributed by atoms with E-state index in [1.54, 1.807) is 4.90 Å². The van der Waals surface area contributed by atoms with Gasteiger partial charge in [-0.25, -0.2) is 12.7 Å². The van der Waals surface area contributed by atoms with Crippen LogP contribution < -0.4 is 10.1 Å². The van der Waals surface area contributed by atoms with Crippen molar-refractivity contribution in [2.24, 2.45) is 0 Å². The molecule has 9 nitrogen and oxygen atoms in total. The molecule has 1 aromatic rings. The summed E-state index contributed by atoms with van der Waals surface area (Å²) in [5, 5.41) is 11.9. The van der Waals surface area contributed by atoms with Gasteiger partial charge in [0.1, 0.15) is 16.7 Å². The predicted molar refractivity (Wildman–Crippen MR) is 99.3 cm³/mol. The third kappa shape index (κ3) is 4.96. The third-order valence-electron chi connectivity index (χ3n) is 4.45. The monoisotopic (exact) mass is 399 g/mol. The molecule has 0 radical (unpaired) electrons. The molecule has 150 valence electrons. The Labute approximate surface area is 159 Å². The molecule has 0 aromatic heterocycles. The number of amides is 1. The summed E-state index contributed by atoms with van der Waals surface area (Å²) in [6.45, 7) is 0.464. The van der Waals surface area contributed by atoms with Gasteiger partial charge in [0.15, 0.2) is 0 Å². The normalized spacial score (nSPS) is 18.3. The van der Waals surface area contributed by atoms with Crippen LogP contribution in [0.2, 0.25) is 0 Å². The van der Waals surface area contributed by atoms with Crippen molar-refractivity contribution >= 4 is 27.6 Å². The summed E-state index contributed by atoms with van der Waals surface area (Å²) in [6, 6.07) is 3.66. The van der Waals surface area contributed by atoms with Crippen molar-refractivity contribution in [2.45, 2.75) is 30.2 Å². The zero-order valence-electron chi connectivity index (χ0n) is 15.6. The molecule has 0 spiro atoms. The first-order valence-electron chi connectivity index (χ1n) is 8.54. The molecule has 1 aliphatic rings. The van der Waals surface area contributed by atoms with Gasteiger partial charge in [0.25, 0.3) is 0 Å². The Kier molecular flexibility index (Phi) is 6.79. The number of carboxylic acids is 1. The highest BCUT2D eigenvalue weighted by Gasteiger charge is 2.30. The van der Waals surface area contributed by atoms with Crippen molar-refractivity contribution in [3.63, 3.8) is 0 Å². The number of sulfonamides is 1. The van der Waals surface area contributed by atoms with Crippen LogP contribution in [-0.2, 0) is 19.6 Å². The smallest absolute Gasteiger partial charge is 0.320 e. The number of ether oxygens (including phenoxy) is 1. The molecule has 10 heteroatoms. The number of benzene rings is 1. The molecule has 0 aliphatic carbocycles. The zero-order valence-corrected chi connectivity index (χ0v) is 16.5. The number of aliphatic carboxylic acids is 1. The van der Waals surface area contributed by atoms with Gasteiger partial charge in [-0.05, 0) is 37.6 Å². The number of nitrogens with one attached hydrogen (secondary N) is 1. The lowest BCUT2D eigenvalue weighted by molar-refractivity contribution is -0.145. The van der Waals surface area contributed by atoms with Crippen molar-refractivity contribution in [3.8, 4) is 5.75 Å². The maximum absolute atomic E-state index is 12.4. The van der Waals surface area contributed by atoms with E-state index in [1.807, 2.05) is 0 Å². The largest absolute Gasteiger partial charge is 0.495 e. The third-order valence-corrected chi connectivity index (χ3v) is 6.29. The van der Waals surface area contributed by atoms with Gasteiger partial charge in [-0.15, -0.1) is 0 Å². The van der Waals surface area contributed by atoms with Crippen LogP contribution in [0.4, 0.5) is 5.69 Å². The van der Waals surface area contributed by atoms with Gasteiger partial charge in [0, 0.05) is 19.8 Å². The first-order valence-corrected chi connectivity index (χ1v) is 9.98. The number of likely N-dealkylation sites (tertiary alicyclic amines) is 1. The highest BCUT2D eigenvalue weighted by atomic mass is 32.2. The molecule has 1 atom stereocenters. The lowest BCUT2D eigenvalue weighted by Gasteiger charge is -2.32. The number of hydrogen-bond acceptors (Lipinski definition) is 6. The number of hydrogen-bond donors (Lipinski definition) is 2. The first-order chi connectivity index (χ1) is 12.7. The molecule has 0 saturated carbocycles. The Morgan fingerprint density at radius 1 is 1.33 bits per heavy atom. The average Bonchev–Trinajstić information content (AvgIpc) is 2.61. The van der Waals surface area contributed by atoms with E-state index in [-0.39, 0.29) is 17.2 Å². The van der Waals surface area contributed by atoms with Crippen LogP contribution in [0.3, 0.4) is 0 Å². The molecule has 27 heavy (non-hydrogen) atoms. The van der Waals surface area contributed by atoms with Crippen LogP contribution in [-0.4, -0.2) is 74.9 Å². The average molecular weight is 399 g/mol. The van der Waals surface area contributed by atoms with E-state index < -0.39 is 27.9 Å². The summed E-state index contributed by atoms with van der Waals surface area (Å²) in [5.74, 6) is -1.17. The van der Waals surface area contributed by atoms with E-state index in [0.717, 1.165) is 17.1 Å². The fourth-order valence-electron chi connectivity index (χ4n) is 3.00. The SMILES string of the molecule is COc1ccc(NC(=O)CN2CCCCC2C(=O)O)cc1S(=O)(=O)N(C)C. The van der Waals surface area contributed by atoms with Gasteiger partial charge in [-0.1, -0.05) is 6.42 Å². The molecule has 1 fully saturated rings. The van der Waals surface area contributed by atoms with Gasteiger partial charge in [0.05, 0.1) is 13.7 Å². The second-order valence-corrected chi connectivity index (χ2v) is 8.64. The van der Waals surface area contributed by atoms with Gasteiger partial charge >= 0.3 is 5.97 Å². The standard InChI is InChI=1S/C17H25N3O6S/c1-19(2)27(24,25)15-10-12(7-8-14(15)26-3)18-16(21)11-20-9-5-4-6-13(20)17(22)23/h7-8,10,13H,4-6,9,11H2,1-3H3,(H,18,21)(H,22,23). The molecule has 1 unspecified atom stereocenters. The summed E-state index contributed by atoms with van der Waals surface area (Å²) in [6.07, 6.45) is 2.17.